The summed E-state index contributed by atoms with van der Waals surface area (Å²) in [6, 6.07) is 0. The monoisotopic (exact) mass is 548 g/mol. The Morgan fingerprint density at radius 2 is 1.68 bits per heavy atom. The highest BCUT2D eigenvalue weighted by Crippen LogP contribution is 2.76. The topological polar surface area (TPSA) is 69.7 Å². The van der Waals surface area contributed by atoms with Crippen molar-refractivity contribution in [3.05, 3.63) is 46.3 Å². The maximum absolute atomic E-state index is 13.4. The molecule has 5 aliphatic carbocycles. The SMILES string of the molecule is CCCC(=O)OC1=C(C)C2=CC=C3[C@@](C)(CC[C@@]4(CC)[C@@H]5C[C@](C)(C(=O)OC)CC[C@]5(C)CC[C@]34C)C2=CC1=O. The summed E-state index contributed by atoms with van der Waals surface area (Å²) in [5.74, 6) is -0.0224. The van der Waals surface area contributed by atoms with Gasteiger partial charge in [-0.1, -0.05) is 52.3 Å². The smallest absolute Gasteiger partial charge is 0.311 e. The van der Waals surface area contributed by atoms with Gasteiger partial charge < -0.3 is 9.47 Å². The van der Waals surface area contributed by atoms with Crippen LogP contribution in [0.3, 0.4) is 0 Å². The van der Waals surface area contributed by atoms with Crippen molar-refractivity contribution in [2.45, 2.75) is 113 Å². The minimum atomic E-state index is -0.444. The van der Waals surface area contributed by atoms with Gasteiger partial charge in [0.1, 0.15) is 0 Å². The Kier molecular flexibility index (Phi) is 6.95. The second-order valence-corrected chi connectivity index (χ2v) is 14.4. The maximum atomic E-state index is 13.4. The van der Waals surface area contributed by atoms with Crippen LogP contribution in [0.1, 0.15) is 113 Å². The van der Waals surface area contributed by atoms with Crippen LogP contribution in [-0.4, -0.2) is 24.8 Å². The summed E-state index contributed by atoms with van der Waals surface area (Å²) in [5, 5.41) is 0. The summed E-state index contributed by atoms with van der Waals surface area (Å²) >= 11 is 0. The van der Waals surface area contributed by atoms with E-state index in [0.29, 0.717) is 18.8 Å². The van der Waals surface area contributed by atoms with Crippen LogP contribution in [0, 0.1) is 33.0 Å². The Morgan fingerprint density at radius 1 is 0.975 bits per heavy atom. The first kappa shape index (κ1) is 29.1. The number of fused-ring (bicyclic) bond motifs is 7. The molecule has 0 unspecified atom stereocenters. The van der Waals surface area contributed by atoms with Gasteiger partial charge in [-0.2, -0.15) is 0 Å². The van der Waals surface area contributed by atoms with Gasteiger partial charge in [-0.05, 0) is 111 Å². The van der Waals surface area contributed by atoms with Crippen LogP contribution in [-0.2, 0) is 23.9 Å². The van der Waals surface area contributed by atoms with Crippen molar-refractivity contribution in [3.8, 4) is 0 Å². The molecule has 6 atom stereocenters. The minimum absolute atomic E-state index is 0.0509. The van der Waals surface area contributed by atoms with Gasteiger partial charge in [-0.25, -0.2) is 0 Å². The highest BCUT2D eigenvalue weighted by atomic mass is 16.5. The minimum Gasteiger partial charge on any atom is -0.469 e. The molecule has 218 valence electrons. The normalized spacial score (nSPS) is 40.5. The van der Waals surface area contributed by atoms with E-state index in [1.807, 2.05) is 13.8 Å². The number of hydrogen-bond acceptors (Lipinski definition) is 5. The molecule has 40 heavy (non-hydrogen) atoms. The van der Waals surface area contributed by atoms with Crippen molar-refractivity contribution < 1.29 is 23.9 Å². The Morgan fingerprint density at radius 3 is 2.33 bits per heavy atom. The summed E-state index contributed by atoms with van der Waals surface area (Å²) in [6.07, 6.45) is 15.4. The van der Waals surface area contributed by atoms with Crippen molar-refractivity contribution >= 4 is 17.7 Å². The molecule has 0 N–H and O–H groups in total. The average molecular weight is 549 g/mol. The van der Waals surface area contributed by atoms with E-state index in [1.165, 1.54) is 12.7 Å². The van der Waals surface area contributed by atoms with E-state index in [-0.39, 0.29) is 45.1 Å². The molecule has 0 saturated heterocycles. The fourth-order valence-corrected chi connectivity index (χ4v) is 9.95. The van der Waals surface area contributed by atoms with E-state index in [0.717, 1.165) is 68.1 Å². The second-order valence-electron chi connectivity index (χ2n) is 14.4. The molecule has 0 amide bonds. The van der Waals surface area contributed by atoms with Crippen LogP contribution in [0.2, 0.25) is 0 Å². The molecule has 5 aliphatic rings. The summed E-state index contributed by atoms with van der Waals surface area (Å²) < 4.78 is 10.9. The van der Waals surface area contributed by atoms with Gasteiger partial charge in [-0.15, -0.1) is 0 Å². The molecule has 0 aromatic heterocycles. The number of ether oxygens (including phenoxy) is 2. The predicted octanol–water partition coefficient (Wildman–Crippen LogP) is 7.96. The van der Waals surface area contributed by atoms with Crippen LogP contribution in [0.5, 0.6) is 0 Å². The van der Waals surface area contributed by atoms with Gasteiger partial charge in [0, 0.05) is 17.4 Å². The van der Waals surface area contributed by atoms with Crippen LogP contribution in [0.15, 0.2) is 46.3 Å². The molecular weight excluding hydrogens is 500 g/mol. The quantitative estimate of drug-likeness (QED) is 0.326. The van der Waals surface area contributed by atoms with Gasteiger partial charge in [0.25, 0.3) is 0 Å². The maximum Gasteiger partial charge on any atom is 0.311 e. The first-order valence-electron chi connectivity index (χ1n) is 15.5. The highest BCUT2D eigenvalue weighted by molar-refractivity contribution is 6.08. The molecule has 5 nitrogen and oxygen atoms in total. The zero-order valence-electron chi connectivity index (χ0n) is 25.9. The van der Waals surface area contributed by atoms with Crippen molar-refractivity contribution in [3.63, 3.8) is 0 Å². The number of esters is 2. The standard InChI is InChI=1S/C35H48O5/c1-9-11-28(37)40-29-22(3)23-12-13-26-33(6,24(23)20-25(29)36)17-19-35(10-2)27-21-32(5,30(38)39-8)15-14-31(27,4)16-18-34(26,35)7/h12-13,20,27H,9-11,14-19,21H2,1-8H3/t27-,31-,32-,33+,34-,35+/m1/s1. The second kappa shape index (κ2) is 9.56. The lowest BCUT2D eigenvalue weighted by atomic mass is 9.33. The lowest BCUT2D eigenvalue weighted by molar-refractivity contribution is -0.186. The van der Waals surface area contributed by atoms with Crippen molar-refractivity contribution in [2.75, 3.05) is 7.11 Å². The first-order chi connectivity index (χ1) is 18.7. The van der Waals surface area contributed by atoms with Crippen LogP contribution in [0.25, 0.3) is 0 Å². The Hall–Kier alpha value is -2.43. The summed E-state index contributed by atoms with van der Waals surface area (Å²) in [4.78, 5) is 38.7. The average Bonchev–Trinajstić information content (AvgIpc) is 2.92. The molecule has 0 heterocycles. The molecule has 0 spiro atoms. The van der Waals surface area contributed by atoms with E-state index < -0.39 is 5.41 Å². The molecular formula is C35H48O5. The zero-order chi connectivity index (χ0) is 29.3. The lowest BCUT2D eigenvalue weighted by Crippen LogP contribution is -2.63. The van der Waals surface area contributed by atoms with Gasteiger partial charge in [0.05, 0.1) is 12.5 Å². The third-order valence-corrected chi connectivity index (χ3v) is 12.5. The third-order valence-electron chi connectivity index (χ3n) is 12.5. The molecule has 5 rings (SSSR count). The van der Waals surface area contributed by atoms with E-state index in [1.54, 1.807) is 6.08 Å². The Balaban J connectivity index is 1.60. The zero-order valence-corrected chi connectivity index (χ0v) is 25.9. The van der Waals surface area contributed by atoms with Gasteiger partial charge in [0.2, 0.25) is 5.78 Å². The fourth-order valence-electron chi connectivity index (χ4n) is 9.95. The molecule has 0 aromatic carbocycles. The molecule has 0 aromatic rings. The van der Waals surface area contributed by atoms with E-state index in [2.05, 4.69) is 46.8 Å². The van der Waals surface area contributed by atoms with E-state index >= 15 is 0 Å². The number of ketones is 1. The molecule has 0 bridgehead atoms. The predicted molar refractivity (Wildman–Crippen MR) is 156 cm³/mol. The molecule has 3 saturated carbocycles. The number of carbonyl (C=O) groups excluding carboxylic acids is 3. The number of methoxy groups -OCH3 is 1. The van der Waals surface area contributed by atoms with E-state index in [4.69, 9.17) is 9.47 Å². The number of rotatable bonds is 5. The Labute approximate surface area is 240 Å². The van der Waals surface area contributed by atoms with Gasteiger partial charge in [0.15, 0.2) is 5.76 Å². The lowest BCUT2D eigenvalue weighted by Gasteiger charge is -2.71. The fraction of sp³-hybridized carbons (Fsp3) is 0.686. The summed E-state index contributed by atoms with van der Waals surface area (Å²) in [6.45, 7) is 15.6. The number of carbonyl (C=O) groups is 3. The molecule has 5 heteroatoms. The van der Waals surface area contributed by atoms with Crippen LogP contribution >= 0.6 is 0 Å². The molecule has 3 fully saturated rings. The van der Waals surface area contributed by atoms with E-state index in [9.17, 15) is 14.4 Å². The molecule has 0 radical (unpaired) electrons. The van der Waals surface area contributed by atoms with Crippen molar-refractivity contribution in [2.24, 2.45) is 33.0 Å². The highest BCUT2D eigenvalue weighted by Gasteiger charge is 2.68. The van der Waals surface area contributed by atoms with Crippen molar-refractivity contribution in [1.29, 1.82) is 0 Å². The molecule has 0 aliphatic heterocycles. The first-order valence-corrected chi connectivity index (χ1v) is 15.5. The number of allylic oxidation sites excluding steroid dienone is 7. The summed E-state index contributed by atoms with van der Waals surface area (Å²) in [5.41, 5.74) is 3.81. The Bertz CT molecular complexity index is 1280. The van der Waals surface area contributed by atoms with Crippen LogP contribution < -0.4 is 0 Å². The van der Waals surface area contributed by atoms with Crippen molar-refractivity contribution in [1.82, 2.24) is 0 Å². The van der Waals surface area contributed by atoms with Gasteiger partial charge in [-0.3, -0.25) is 14.4 Å². The summed E-state index contributed by atoms with van der Waals surface area (Å²) in [7, 11) is 1.52. The van der Waals surface area contributed by atoms with Crippen LogP contribution in [0.4, 0.5) is 0 Å². The third kappa shape index (κ3) is 3.81. The number of hydrogen-bond donors (Lipinski definition) is 0. The van der Waals surface area contributed by atoms with Gasteiger partial charge >= 0.3 is 11.9 Å². The largest absolute Gasteiger partial charge is 0.469 e.